The Balaban J connectivity index is 0.000000231. The van der Waals surface area contributed by atoms with Crippen LogP contribution in [-0.4, -0.2) is 56.9 Å². The zero-order valence-corrected chi connectivity index (χ0v) is 62.0. The molecule has 8 nitrogen and oxygen atoms in total. The molecule has 8 rings (SSSR count). The fraction of sp³-hybridized carbons (Fsp3) is 0.415. The van der Waals surface area contributed by atoms with Crippen LogP contribution in [0, 0.1) is 44.9 Å². The summed E-state index contributed by atoms with van der Waals surface area (Å²) in [7, 11) is 13.1. The molecule has 0 saturated heterocycles. The van der Waals surface area contributed by atoms with Gasteiger partial charge in [-0.1, -0.05) is 170 Å². The molecule has 8 aromatic rings. The quantitative estimate of drug-likeness (QED) is 0.0552. The molecule has 0 amide bonds. The Bertz CT molecular complexity index is 3310. The van der Waals surface area contributed by atoms with Gasteiger partial charge in [-0.05, 0) is 174 Å². The highest BCUT2D eigenvalue weighted by molar-refractivity contribution is 6.17. The third-order valence-electron chi connectivity index (χ3n) is 16.7. The van der Waals surface area contributed by atoms with Crippen molar-refractivity contribution < 1.29 is 55.5 Å². The Morgan fingerprint density at radius 2 is 0.479 bits per heavy atom. The maximum absolute atomic E-state index is 14.5. The zero-order chi connectivity index (χ0) is 71.6. The van der Waals surface area contributed by atoms with E-state index in [9.17, 15) is 17.6 Å². The van der Waals surface area contributed by atoms with Gasteiger partial charge in [0.15, 0.2) is 0 Å². The van der Waals surface area contributed by atoms with Gasteiger partial charge in [-0.2, -0.15) is 0 Å². The fourth-order valence-electron chi connectivity index (χ4n) is 12.0. The second-order valence-electron chi connectivity index (χ2n) is 28.0. The highest BCUT2D eigenvalue weighted by Crippen LogP contribution is 2.47. The van der Waals surface area contributed by atoms with Crippen LogP contribution in [0.5, 0.6) is 23.0 Å². The van der Waals surface area contributed by atoms with Crippen molar-refractivity contribution in [1.82, 2.24) is 0 Å². The van der Waals surface area contributed by atoms with Gasteiger partial charge in [0.2, 0.25) is 0 Å². The number of aryl methyl sites for hydroxylation is 2. The number of hydrogen-bond donors (Lipinski definition) is 0. The summed E-state index contributed by atoms with van der Waals surface area (Å²) in [4.78, 5) is 0. The van der Waals surface area contributed by atoms with Gasteiger partial charge >= 0.3 is 0 Å². The summed E-state index contributed by atoms with van der Waals surface area (Å²) in [5.74, 6) is 2.20. The first kappa shape index (κ1) is 79.8. The van der Waals surface area contributed by atoms with Gasteiger partial charge in [-0.15, -0.1) is 23.2 Å². The van der Waals surface area contributed by atoms with Gasteiger partial charge in [-0.25, -0.2) is 17.6 Å². The van der Waals surface area contributed by atoms with Crippen molar-refractivity contribution in [2.45, 2.75) is 146 Å². The molecule has 96 heavy (non-hydrogen) atoms. The Morgan fingerprint density at radius 1 is 0.281 bits per heavy atom. The monoisotopic (exact) mass is 1360 g/mol. The fourth-order valence-corrected chi connectivity index (χ4v) is 12.4. The Labute approximate surface area is 580 Å². The van der Waals surface area contributed by atoms with E-state index >= 15 is 0 Å². The molecule has 0 aromatic heterocycles. The topological polar surface area (TPSA) is 73.8 Å². The molecule has 520 valence electrons. The van der Waals surface area contributed by atoms with Gasteiger partial charge in [0, 0.05) is 62.5 Å². The normalized spacial score (nSPS) is 13.0. The maximum Gasteiger partial charge on any atom is 0.131 e. The molecule has 0 saturated carbocycles. The van der Waals surface area contributed by atoms with Crippen LogP contribution in [-0.2, 0) is 43.5 Å². The highest BCUT2D eigenvalue weighted by Gasteiger charge is 2.34. The van der Waals surface area contributed by atoms with Crippen molar-refractivity contribution in [2.24, 2.45) is 21.7 Å². The summed E-state index contributed by atoms with van der Waals surface area (Å²) in [5.41, 5.74) is 13.1. The summed E-state index contributed by atoms with van der Waals surface area (Å²) in [6.07, 6.45) is 1.19. The third-order valence-corrected chi connectivity index (χ3v) is 17.3. The Kier molecular flexibility index (Phi) is 29.6. The van der Waals surface area contributed by atoms with Crippen molar-refractivity contribution in [3.63, 3.8) is 0 Å². The van der Waals surface area contributed by atoms with Crippen LogP contribution < -0.4 is 18.9 Å². The number of benzene rings is 8. The molecule has 0 spiro atoms. The number of methoxy groups -OCH3 is 8. The van der Waals surface area contributed by atoms with Crippen LogP contribution in [0.1, 0.15) is 166 Å². The molecule has 0 aliphatic heterocycles. The molecule has 0 fully saturated rings. The van der Waals surface area contributed by atoms with Crippen LogP contribution in [0.25, 0.3) is 44.5 Å². The highest BCUT2D eigenvalue weighted by atomic mass is 35.5. The van der Waals surface area contributed by atoms with Crippen molar-refractivity contribution in [3.05, 3.63) is 213 Å². The average molecular weight is 1360 g/mol. The molecule has 0 bridgehead atoms. The SMILES string of the molecule is CCc1ccc(-c2cc(OC)ccc2F)c([C@@H](OC)C(C)(C)C)c1.CCc1ccc(-c2cc(OC)ccc2F)c([C@H](OC)C(C)(C)C)c1.COc1ccc(F)c(-c2ccc(CCl)cc2[C@@H](OC)C(C)(C)C)c1.COc1ccc(F)c(-c2ccc(CCl)cc2[C@H](OC)C(C)(C)C)c1. The summed E-state index contributed by atoms with van der Waals surface area (Å²) in [6, 6.07) is 43.1. The second kappa shape index (κ2) is 35.6. The lowest BCUT2D eigenvalue weighted by atomic mass is 9.80. The number of ether oxygens (including phenoxy) is 8. The minimum absolute atomic E-state index is 0.106. The molecule has 0 aliphatic rings. The first-order valence-electron chi connectivity index (χ1n) is 32.4. The van der Waals surface area contributed by atoms with E-state index in [1.807, 2.05) is 60.7 Å². The largest absolute Gasteiger partial charge is 0.497 e. The summed E-state index contributed by atoms with van der Waals surface area (Å²) < 4.78 is 102. The molecule has 0 N–H and O–H groups in total. The van der Waals surface area contributed by atoms with Crippen LogP contribution in [0.15, 0.2) is 146 Å². The number of hydrogen-bond acceptors (Lipinski definition) is 8. The second-order valence-corrected chi connectivity index (χ2v) is 28.5. The van der Waals surface area contributed by atoms with Crippen molar-refractivity contribution in [3.8, 4) is 67.5 Å². The van der Waals surface area contributed by atoms with Crippen molar-refractivity contribution in [2.75, 3.05) is 56.9 Å². The molecule has 14 heteroatoms. The van der Waals surface area contributed by atoms with Gasteiger partial charge in [0.05, 0.1) is 52.9 Å². The van der Waals surface area contributed by atoms with Crippen LogP contribution in [0.2, 0.25) is 0 Å². The van der Waals surface area contributed by atoms with E-state index in [4.69, 9.17) is 61.1 Å². The van der Waals surface area contributed by atoms with Gasteiger partial charge in [0.25, 0.3) is 0 Å². The lowest BCUT2D eigenvalue weighted by molar-refractivity contribution is 0.0155. The Morgan fingerprint density at radius 3 is 0.646 bits per heavy atom. The minimum Gasteiger partial charge on any atom is -0.497 e. The summed E-state index contributed by atoms with van der Waals surface area (Å²) in [6.45, 7) is 29.6. The Hall–Kier alpha value is -6.90. The first-order chi connectivity index (χ1) is 45.2. The summed E-state index contributed by atoms with van der Waals surface area (Å²) >= 11 is 12.0. The van der Waals surface area contributed by atoms with Crippen LogP contribution >= 0.6 is 23.2 Å². The molecule has 0 radical (unpaired) electrons. The van der Waals surface area contributed by atoms with Crippen LogP contribution in [0.4, 0.5) is 17.6 Å². The number of halogens is 6. The number of rotatable bonds is 20. The molecule has 0 aliphatic carbocycles. The van der Waals surface area contributed by atoms with Gasteiger partial charge in [0.1, 0.15) is 46.3 Å². The zero-order valence-electron chi connectivity index (χ0n) is 60.5. The molecular formula is C82H102Cl2F4O8. The van der Waals surface area contributed by atoms with Crippen LogP contribution in [0.3, 0.4) is 0 Å². The van der Waals surface area contributed by atoms with Crippen molar-refractivity contribution >= 4 is 23.2 Å². The van der Waals surface area contributed by atoms with E-state index in [1.165, 1.54) is 35.4 Å². The lowest BCUT2D eigenvalue weighted by Gasteiger charge is -2.32. The molecule has 0 heterocycles. The van der Waals surface area contributed by atoms with E-state index < -0.39 is 0 Å². The van der Waals surface area contributed by atoms with Gasteiger partial charge < -0.3 is 37.9 Å². The van der Waals surface area contributed by atoms with E-state index in [1.54, 1.807) is 105 Å². The average Bonchev–Trinajstić information content (AvgIpc) is 0.811. The van der Waals surface area contributed by atoms with E-state index in [0.29, 0.717) is 57.0 Å². The summed E-state index contributed by atoms with van der Waals surface area (Å²) in [5, 5.41) is 0. The number of alkyl halides is 2. The van der Waals surface area contributed by atoms with E-state index in [0.717, 1.165) is 68.5 Å². The smallest absolute Gasteiger partial charge is 0.131 e. The maximum atomic E-state index is 14.5. The third kappa shape index (κ3) is 20.6. The first-order valence-corrected chi connectivity index (χ1v) is 33.4. The molecular weight excluding hydrogens is 1260 g/mol. The molecule has 8 aromatic carbocycles. The van der Waals surface area contributed by atoms with E-state index in [-0.39, 0.29) is 69.3 Å². The van der Waals surface area contributed by atoms with Gasteiger partial charge in [-0.3, -0.25) is 0 Å². The van der Waals surface area contributed by atoms with Crippen molar-refractivity contribution in [1.29, 1.82) is 0 Å². The molecule has 0 unspecified atom stereocenters. The lowest BCUT2D eigenvalue weighted by Crippen LogP contribution is -2.21. The van der Waals surface area contributed by atoms with E-state index in [2.05, 4.69) is 109 Å². The predicted molar refractivity (Wildman–Crippen MR) is 388 cm³/mol. The molecule has 4 atom stereocenters. The minimum atomic E-state index is -0.292. The predicted octanol–water partition coefficient (Wildman–Crippen LogP) is 23.5. The standard InChI is InChI=1S/2C21H27FO2.2C20H24ClFO2/c2*1-7-14-8-10-16(17-13-15(23-5)9-11-19(17)22)18(12-14)20(24-6)21(2,3)4;2*1-20(2,3)19(24-5)17-10-13(12-21)6-8-15(17)16-11-14(23-4)7-9-18(16)22/h2*8-13,20H,7H2,1-6H3;2*6-11,19H,12H2,1-5H3/t2*20-;2*19-/m1010/s1.